The number of rotatable bonds is 6. The van der Waals surface area contributed by atoms with Gasteiger partial charge in [0.25, 0.3) is 5.91 Å². The molecule has 0 spiro atoms. The van der Waals surface area contributed by atoms with Crippen LogP contribution in [0.4, 0.5) is 5.00 Å². The van der Waals surface area contributed by atoms with Gasteiger partial charge in [-0.15, -0.1) is 11.3 Å². The molecule has 1 amide bonds. The van der Waals surface area contributed by atoms with E-state index in [-0.39, 0.29) is 5.02 Å². The standard InChI is InChI=1S/C22H19Cl2NO4S/c1-4-29-15-8-5-13(6-9-15)18-12(2)30-21(19(18)22(27)28-3)25-20(26)14-7-10-16(23)17(24)11-14/h5-11H,4H2,1-3H3,(H,25,26). The molecule has 1 N–H and O–H groups in total. The van der Waals surface area contributed by atoms with Gasteiger partial charge in [-0.2, -0.15) is 0 Å². The van der Waals surface area contributed by atoms with Crippen LogP contribution in [0, 0.1) is 6.92 Å². The average molecular weight is 464 g/mol. The van der Waals surface area contributed by atoms with Crippen molar-refractivity contribution >= 4 is 51.4 Å². The molecule has 0 bridgehead atoms. The summed E-state index contributed by atoms with van der Waals surface area (Å²) in [6, 6.07) is 12.0. The first-order chi connectivity index (χ1) is 14.3. The van der Waals surface area contributed by atoms with Crippen molar-refractivity contribution < 1.29 is 19.1 Å². The molecule has 0 saturated heterocycles. The zero-order valence-electron chi connectivity index (χ0n) is 16.5. The molecule has 1 aromatic heterocycles. The summed E-state index contributed by atoms with van der Waals surface area (Å²) < 4.78 is 10.5. The summed E-state index contributed by atoms with van der Waals surface area (Å²) >= 11 is 13.2. The summed E-state index contributed by atoms with van der Waals surface area (Å²) in [5.74, 6) is -0.201. The molecule has 156 valence electrons. The van der Waals surface area contributed by atoms with Crippen LogP contribution in [0.2, 0.25) is 10.0 Å². The summed E-state index contributed by atoms with van der Waals surface area (Å²) in [6.45, 7) is 4.36. The van der Waals surface area contributed by atoms with E-state index < -0.39 is 11.9 Å². The minimum absolute atomic E-state index is 0.273. The van der Waals surface area contributed by atoms with Gasteiger partial charge in [0.05, 0.1) is 23.8 Å². The summed E-state index contributed by atoms with van der Waals surface area (Å²) in [6.07, 6.45) is 0. The molecule has 0 fully saturated rings. The minimum atomic E-state index is -0.535. The lowest BCUT2D eigenvalue weighted by molar-refractivity contribution is 0.0603. The Labute approximate surface area is 188 Å². The highest BCUT2D eigenvalue weighted by Crippen LogP contribution is 2.41. The van der Waals surface area contributed by atoms with E-state index in [2.05, 4.69) is 5.32 Å². The van der Waals surface area contributed by atoms with E-state index in [1.165, 1.54) is 24.5 Å². The predicted octanol–water partition coefficient (Wildman–Crippen LogP) is 6.47. The van der Waals surface area contributed by atoms with Crippen LogP contribution < -0.4 is 10.1 Å². The van der Waals surface area contributed by atoms with Crippen LogP contribution >= 0.6 is 34.5 Å². The van der Waals surface area contributed by atoms with E-state index in [0.717, 1.165) is 16.2 Å². The van der Waals surface area contributed by atoms with Crippen LogP contribution in [0.15, 0.2) is 42.5 Å². The number of hydrogen-bond donors (Lipinski definition) is 1. The quantitative estimate of drug-likeness (QED) is 0.425. The first-order valence-corrected chi connectivity index (χ1v) is 10.6. The van der Waals surface area contributed by atoms with Crippen molar-refractivity contribution in [1.29, 1.82) is 0 Å². The van der Waals surface area contributed by atoms with Gasteiger partial charge < -0.3 is 14.8 Å². The molecule has 0 atom stereocenters. The maximum Gasteiger partial charge on any atom is 0.341 e. The molecular formula is C22H19Cl2NO4S. The molecule has 0 aliphatic heterocycles. The first-order valence-electron chi connectivity index (χ1n) is 9.07. The average Bonchev–Trinajstić information content (AvgIpc) is 3.05. The Kier molecular flexibility index (Phi) is 7.02. The lowest BCUT2D eigenvalue weighted by atomic mass is 10.0. The van der Waals surface area contributed by atoms with Gasteiger partial charge in [0.2, 0.25) is 0 Å². The van der Waals surface area contributed by atoms with Crippen LogP contribution in [-0.4, -0.2) is 25.6 Å². The van der Waals surface area contributed by atoms with Gasteiger partial charge in [0.15, 0.2) is 0 Å². The van der Waals surface area contributed by atoms with Gasteiger partial charge >= 0.3 is 5.97 Å². The number of hydrogen-bond acceptors (Lipinski definition) is 5. The predicted molar refractivity (Wildman–Crippen MR) is 121 cm³/mol. The van der Waals surface area contributed by atoms with Crippen molar-refractivity contribution in [3.05, 3.63) is 68.5 Å². The number of anilines is 1. The lowest BCUT2D eigenvalue weighted by Gasteiger charge is -2.09. The van der Waals surface area contributed by atoms with E-state index >= 15 is 0 Å². The second-order valence-electron chi connectivity index (χ2n) is 6.27. The molecule has 3 aromatic rings. The number of amides is 1. The van der Waals surface area contributed by atoms with E-state index in [9.17, 15) is 9.59 Å². The van der Waals surface area contributed by atoms with Gasteiger partial charge in [-0.1, -0.05) is 35.3 Å². The number of carbonyl (C=O) groups excluding carboxylic acids is 2. The summed E-state index contributed by atoms with van der Waals surface area (Å²) in [7, 11) is 1.31. The fraction of sp³-hybridized carbons (Fsp3) is 0.182. The summed E-state index contributed by atoms with van der Waals surface area (Å²) in [5, 5.41) is 3.83. The van der Waals surface area contributed by atoms with Crippen molar-refractivity contribution in [3.63, 3.8) is 0 Å². The number of benzene rings is 2. The minimum Gasteiger partial charge on any atom is -0.494 e. The van der Waals surface area contributed by atoms with Crippen molar-refractivity contribution in [3.8, 4) is 16.9 Å². The van der Waals surface area contributed by atoms with Gasteiger partial charge in [-0.3, -0.25) is 4.79 Å². The molecular weight excluding hydrogens is 445 g/mol. The normalized spacial score (nSPS) is 10.6. The zero-order valence-corrected chi connectivity index (χ0v) is 18.9. The number of methoxy groups -OCH3 is 1. The van der Waals surface area contributed by atoms with Crippen molar-refractivity contribution in [2.75, 3.05) is 19.0 Å². The second kappa shape index (κ2) is 9.51. The maximum atomic E-state index is 12.7. The van der Waals surface area contributed by atoms with Crippen LogP contribution in [0.3, 0.4) is 0 Å². The van der Waals surface area contributed by atoms with E-state index in [1.807, 2.05) is 38.1 Å². The fourth-order valence-corrected chi connectivity index (χ4v) is 4.33. The number of thiophene rings is 1. The summed E-state index contributed by atoms with van der Waals surface area (Å²) in [4.78, 5) is 26.2. The van der Waals surface area contributed by atoms with E-state index in [4.69, 9.17) is 32.7 Å². The molecule has 3 rings (SSSR count). The number of aryl methyl sites for hydroxylation is 1. The Morgan fingerprint density at radius 2 is 1.77 bits per heavy atom. The van der Waals surface area contributed by atoms with Crippen LogP contribution in [-0.2, 0) is 4.74 Å². The zero-order chi connectivity index (χ0) is 21.8. The Morgan fingerprint density at radius 3 is 2.37 bits per heavy atom. The van der Waals surface area contributed by atoms with Crippen LogP contribution in [0.5, 0.6) is 5.75 Å². The highest BCUT2D eigenvalue weighted by molar-refractivity contribution is 7.17. The maximum absolute atomic E-state index is 12.7. The molecule has 5 nitrogen and oxygen atoms in total. The topological polar surface area (TPSA) is 64.6 Å². The molecule has 30 heavy (non-hydrogen) atoms. The van der Waals surface area contributed by atoms with Gasteiger partial charge in [-0.05, 0) is 49.7 Å². The molecule has 8 heteroatoms. The Balaban J connectivity index is 2.01. The number of esters is 1. The highest BCUT2D eigenvalue weighted by Gasteiger charge is 2.25. The van der Waals surface area contributed by atoms with Gasteiger partial charge in [0, 0.05) is 16.0 Å². The number of ether oxygens (including phenoxy) is 2. The molecule has 0 radical (unpaired) electrons. The third-order valence-electron chi connectivity index (χ3n) is 4.34. The third kappa shape index (κ3) is 4.61. The smallest absolute Gasteiger partial charge is 0.341 e. The molecule has 0 aliphatic rings. The second-order valence-corrected chi connectivity index (χ2v) is 8.31. The van der Waals surface area contributed by atoms with E-state index in [0.29, 0.717) is 33.3 Å². The number of carbonyl (C=O) groups is 2. The molecule has 0 aliphatic carbocycles. The monoisotopic (exact) mass is 463 g/mol. The van der Waals surface area contributed by atoms with Crippen molar-refractivity contribution in [1.82, 2.24) is 0 Å². The third-order valence-corrected chi connectivity index (χ3v) is 6.10. The summed E-state index contributed by atoms with van der Waals surface area (Å²) in [5.41, 5.74) is 2.16. The Hall–Kier alpha value is -2.54. The molecule has 0 saturated carbocycles. The van der Waals surface area contributed by atoms with Crippen LogP contribution in [0.1, 0.15) is 32.5 Å². The molecule has 2 aromatic carbocycles. The first kappa shape index (κ1) is 22.2. The van der Waals surface area contributed by atoms with Crippen molar-refractivity contribution in [2.24, 2.45) is 0 Å². The number of nitrogens with one attached hydrogen (secondary N) is 1. The number of halogens is 2. The van der Waals surface area contributed by atoms with Gasteiger partial charge in [-0.25, -0.2) is 4.79 Å². The molecule has 0 unspecified atom stereocenters. The highest BCUT2D eigenvalue weighted by atomic mass is 35.5. The SMILES string of the molecule is CCOc1ccc(-c2c(C)sc(NC(=O)c3ccc(Cl)c(Cl)c3)c2C(=O)OC)cc1. The van der Waals surface area contributed by atoms with Crippen molar-refractivity contribution in [2.45, 2.75) is 13.8 Å². The Morgan fingerprint density at radius 1 is 1.07 bits per heavy atom. The fourth-order valence-electron chi connectivity index (χ4n) is 2.97. The Bertz CT molecular complexity index is 1090. The molecule has 1 heterocycles. The largest absolute Gasteiger partial charge is 0.494 e. The van der Waals surface area contributed by atoms with Gasteiger partial charge in [0.1, 0.15) is 16.3 Å². The lowest BCUT2D eigenvalue weighted by Crippen LogP contribution is -2.14. The van der Waals surface area contributed by atoms with E-state index in [1.54, 1.807) is 12.1 Å². The van der Waals surface area contributed by atoms with Crippen LogP contribution in [0.25, 0.3) is 11.1 Å².